The molecule has 21 heavy (non-hydrogen) atoms. The van der Waals surface area contributed by atoms with Crippen molar-refractivity contribution in [3.63, 3.8) is 0 Å². The van der Waals surface area contributed by atoms with Gasteiger partial charge in [-0.15, -0.1) is 0 Å². The predicted octanol–water partition coefficient (Wildman–Crippen LogP) is 4.91. The first-order chi connectivity index (χ1) is 9.95. The monoisotopic (exact) mass is 375 g/mol. The summed E-state index contributed by atoms with van der Waals surface area (Å²) >= 11 is 8.96. The van der Waals surface area contributed by atoms with E-state index in [0.717, 1.165) is 12.1 Å². The summed E-state index contributed by atoms with van der Waals surface area (Å²) in [5.74, 6) is 0.545. The van der Waals surface area contributed by atoms with Gasteiger partial charge < -0.3 is 14.5 Å². The molecule has 1 aromatic heterocycles. The van der Waals surface area contributed by atoms with Crippen molar-refractivity contribution in [2.45, 2.75) is 33.0 Å². The molecule has 3 nitrogen and oxygen atoms in total. The Bertz CT molecular complexity index is 616. The molecule has 0 aliphatic rings. The zero-order chi connectivity index (χ0) is 15.4. The highest BCUT2D eigenvalue weighted by Gasteiger charge is 2.09. The van der Waals surface area contributed by atoms with Crippen LogP contribution in [0.2, 0.25) is 5.02 Å². The largest absolute Gasteiger partial charge is 0.484 e. The van der Waals surface area contributed by atoms with Crippen LogP contribution in [-0.4, -0.2) is 6.04 Å². The summed E-state index contributed by atoms with van der Waals surface area (Å²) in [5.41, 5.74) is 1.05. The molecular weight excluding hydrogens is 361 g/mol. The first-order valence-electron chi connectivity index (χ1n) is 6.52. The molecule has 0 radical (unpaired) electrons. The molecule has 0 atom stereocenters. The lowest BCUT2D eigenvalue weighted by Gasteiger charge is -2.07. The summed E-state index contributed by atoms with van der Waals surface area (Å²) in [5, 5.41) is 3.35. The van der Waals surface area contributed by atoms with Crippen molar-refractivity contribution < 1.29 is 13.5 Å². The third-order valence-corrected chi connectivity index (χ3v) is 3.68. The maximum atomic E-state index is 13.4. The number of hydrogen-bond donors (Lipinski definition) is 1. The number of furan rings is 1. The Morgan fingerprint density at radius 1 is 1.38 bits per heavy atom. The molecule has 0 amide bonds. The number of benzene rings is 1. The van der Waals surface area contributed by atoms with E-state index in [1.165, 1.54) is 12.1 Å². The van der Waals surface area contributed by atoms with Gasteiger partial charge in [-0.3, -0.25) is 0 Å². The first kappa shape index (κ1) is 16.3. The Kier molecular flexibility index (Phi) is 5.67. The van der Waals surface area contributed by atoms with Crippen LogP contribution in [0, 0.1) is 5.82 Å². The van der Waals surface area contributed by atoms with E-state index in [1.54, 1.807) is 6.26 Å². The SMILES string of the molecule is CC(C)NCc1coc(COc2cc(F)c(Cl)cc2Br)c1. The van der Waals surface area contributed by atoms with Gasteiger partial charge >= 0.3 is 0 Å². The van der Waals surface area contributed by atoms with Crippen molar-refractivity contribution in [3.8, 4) is 5.75 Å². The number of halogens is 3. The van der Waals surface area contributed by atoms with Crippen molar-refractivity contribution >= 4 is 27.5 Å². The lowest BCUT2D eigenvalue weighted by molar-refractivity contribution is 0.267. The van der Waals surface area contributed by atoms with Gasteiger partial charge in [0.2, 0.25) is 0 Å². The Morgan fingerprint density at radius 3 is 2.86 bits per heavy atom. The molecule has 6 heteroatoms. The minimum Gasteiger partial charge on any atom is -0.484 e. The van der Waals surface area contributed by atoms with Crippen LogP contribution in [0.4, 0.5) is 4.39 Å². The second kappa shape index (κ2) is 7.29. The van der Waals surface area contributed by atoms with Gasteiger partial charge in [0.25, 0.3) is 0 Å². The van der Waals surface area contributed by atoms with Gasteiger partial charge in [-0.2, -0.15) is 0 Å². The average Bonchev–Trinajstić information content (AvgIpc) is 2.87. The molecule has 2 rings (SSSR count). The van der Waals surface area contributed by atoms with E-state index < -0.39 is 5.82 Å². The van der Waals surface area contributed by atoms with Crippen LogP contribution in [-0.2, 0) is 13.2 Å². The van der Waals surface area contributed by atoms with Gasteiger partial charge in [0.05, 0.1) is 15.8 Å². The topological polar surface area (TPSA) is 34.4 Å². The highest BCUT2D eigenvalue weighted by Crippen LogP contribution is 2.31. The average molecular weight is 377 g/mol. The van der Waals surface area contributed by atoms with Crippen LogP contribution in [0.5, 0.6) is 5.75 Å². The molecule has 1 N–H and O–H groups in total. The van der Waals surface area contributed by atoms with Crippen LogP contribution >= 0.6 is 27.5 Å². The summed E-state index contributed by atoms with van der Waals surface area (Å²) < 4.78 is 25.0. The number of rotatable bonds is 6. The standard InChI is InChI=1S/C15H16BrClFNO2/c1-9(2)19-6-10-3-11(20-7-10)8-21-15-5-14(18)13(17)4-12(15)16/h3-5,7,9,19H,6,8H2,1-2H3. The molecule has 0 unspecified atom stereocenters. The summed E-state index contributed by atoms with van der Waals surface area (Å²) in [7, 11) is 0. The predicted molar refractivity (Wildman–Crippen MR) is 84.1 cm³/mol. The third-order valence-electron chi connectivity index (χ3n) is 2.77. The normalized spacial score (nSPS) is 11.1. The molecule has 0 aliphatic heterocycles. The first-order valence-corrected chi connectivity index (χ1v) is 7.70. The van der Waals surface area contributed by atoms with Crippen LogP contribution in [0.15, 0.2) is 33.4 Å². The zero-order valence-corrected chi connectivity index (χ0v) is 14.1. The minimum atomic E-state index is -0.517. The summed E-state index contributed by atoms with van der Waals surface area (Å²) in [6.07, 6.45) is 1.69. The third kappa shape index (κ3) is 4.73. The van der Waals surface area contributed by atoms with E-state index in [1.807, 2.05) is 6.07 Å². The molecule has 1 aromatic carbocycles. The van der Waals surface area contributed by atoms with Crippen LogP contribution in [0.25, 0.3) is 0 Å². The maximum absolute atomic E-state index is 13.4. The molecule has 1 heterocycles. The lowest BCUT2D eigenvalue weighted by Crippen LogP contribution is -2.21. The molecular formula is C15H16BrClFNO2. The Balaban J connectivity index is 1.96. The summed E-state index contributed by atoms with van der Waals surface area (Å²) in [4.78, 5) is 0. The van der Waals surface area contributed by atoms with E-state index in [9.17, 15) is 4.39 Å². The van der Waals surface area contributed by atoms with Crippen LogP contribution in [0.1, 0.15) is 25.2 Å². The fraction of sp³-hybridized carbons (Fsp3) is 0.333. The van der Waals surface area contributed by atoms with Crippen molar-refractivity contribution in [2.75, 3.05) is 0 Å². The van der Waals surface area contributed by atoms with Crippen molar-refractivity contribution in [1.82, 2.24) is 5.32 Å². The number of ether oxygens (including phenoxy) is 1. The quantitative estimate of drug-likeness (QED) is 0.727. The van der Waals surface area contributed by atoms with E-state index in [-0.39, 0.29) is 11.6 Å². The number of hydrogen-bond acceptors (Lipinski definition) is 3. The molecule has 0 fully saturated rings. The molecule has 0 aliphatic carbocycles. The van der Waals surface area contributed by atoms with Gasteiger partial charge in [0.15, 0.2) is 0 Å². The molecule has 114 valence electrons. The highest BCUT2D eigenvalue weighted by molar-refractivity contribution is 9.10. The van der Waals surface area contributed by atoms with Crippen LogP contribution < -0.4 is 10.1 Å². The van der Waals surface area contributed by atoms with Gasteiger partial charge in [0, 0.05) is 24.2 Å². The molecule has 2 aromatic rings. The Labute approximate surface area is 136 Å². The van der Waals surface area contributed by atoms with Crippen molar-refractivity contribution in [2.24, 2.45) is 0 Å². The summed E-state index contributed by atoms with van der Waals surface area (Å²) in [6, 6.07) is 5.03. The van der Waals surface area contributed by atoms with Gasteiger partial charge in [-0.1, -0.05) is 25.4 Å². The highest BCUT2D eigenvalue weighted by atomic mass is 79.9. The van der Waals surface area contributed by atoms with E-state index in [0.29, 0.717) is 22.0 Å². The van der Waals surface area contributed by atoms with Crippen molar-refractivity contribution in [1.29, 1.82) is 0 Å². The van der Waals surface area contributed by atoms with Gasteiger partial charge in [-0.05, 0) is 28.1 Å². The van der Waals surface area contributed by atoms with Crippen LogP contribution in [0.3, 0.4) is 0 Å². The number of nitrogens with one attached hydrogen (secondary N) is 1. The van der Waals surface area contributed by atoms with E-state index >= 15 is 0 Å². The van der Waals surface area contributed by atoms with Gasteiger partial charge in [0.1, 0.15) is 23.9 Å². The lowest BCUT2D eigenvalue weighted by atomic mass is 10.3. The molecule has 0 bridgehead atoms. The second-order valence-electron chi connectivity index (χ2n) is 4.94. The maximum Gasteiger partial charge on any atom is 0.146 e. The fourth-order valence-corrected chi connectivity index (χ4v) is 2.43. The van der Waals surface area contributed by atoms with E-state index in [4.69, 9.17) is 20.8 Å². The molecule has 0 saturated heterocycles. The minimum absolute atomic E-state index is 0.0502. The van der Waals surface area contributed by atoms with E-state index in [2.05, 4.69) is 35.1 Å². The summed E-state index contributed by atoms with van der Waals surface area (Å²) in [6.45, 7) is 5.12. The smallest absolute Gasteiger partial charge is 0.146 e. The molecule has 0 spiro atoms. The zero-order valence-electron chi connectivity index (χ0n) is 11.8. The van der Waals surface area contributed by atoms with Gasteiger partial charge in [-0.25, -0.2) is 4.39 Å². The fourth-order valence-electron chi connectivity index (χ4n) is 1.68. The Morgan fingerprint density at radius 2 is 2.14 bits per heavy atom. The van der Waals surface area contributed by atoms with Crippen molar-refractivity contribution in [3.05, 3.63) is 51.1 Å². The Hall–Kier alpha value is -1.04. The molecule has 0 saturated carbocycles. The second-order valence-corrected chi connectivity index (χ2v) is 6.20.